The monoisotopic (exact) mass is 167 g/mol. The van der Waals surface area contributed by atoms with E-state index in [1.54, 1.807) is 0 Å². The average molecular weight is 167 g/mol. The molecule has 0 aliphatic rings. The third-order valence-electron chi connectivity index (χ3n) is 1.16. The first-order valence-corrected chi connectivity index (χ1v) is 3.12. The van der Waals surface area contributed by atoms with E-state index in [1.165, 1.54) is 0 Å². The molecular weight excluding hydrogens is 162 g/mol. The largest absolute Gasteiger partial charge is 0.475 e. The lowest BCUT2D eigenvalue weighted by Crippen LogP contribution is -2.10. The van der Waals surface area contributed by atoms with Crippen molar-refractivity contribution in [2.24, 2.45) is 0 Å². The minimum Gasteiger partial charge on any atom is -0.475 e. The van der Waals surface area contributed by atoms with Crippen LogP contribution in [0.5, 0.6) is 0 Å². The molecule has 1 aromatic rings. The van der Waals surface area contributed by atoms with Crippen molar-refractivity contribution in [3.8, 4) is 6.07 Å². The first-order chi connectivity index (χ1) is 5.75. The van der Waals surface area contributed by atoms with Crippen LogP contribution in [0.4, 0.5) is 0 Å². The van der Waals surface area contributed by atoms with Crippen LogP contribution in [0.1, 0.15) is 17.0 Å². The molecule has 0 fully saturated rings. The van der Waals surface area contributed by atoms with E-state index in [0.29, 0.717) is 0 Å². The molecule has 0 aliphatic heterocycles. The lowest BCUT2D eigenvalue weighted by molar-refractivity contribution is 0.0676. The van der Waals surface area contributed by atoms with Crippen LogP contribution in [-0.4, -0.2) is 31.3 Å². The summed E-state index contributed by atoms with van der Waals surface area (Å²) in [6.45, 7) is 0.200. The van der Waals surface area contributed by atoms with Crippen molar-refractivity contribution < 1.29 is 9.90 Å². The van der Waals surface area contributed by atoms with E-state index in [4.69, 9.17) is 10.4 Å². The van der Waals surface area contributed by atoms with Gasteiger partial charge in [-0.1, -0.05) is 0 Å². The number of aromatic nitrogens is 4. The van der Waals surface area contributed by atoms with Crippen LogP contribution in [0.2, 0.25) is 0 Å². The molecule has 0 aromatic carbocycles. The first kappa shape index (κ1) is 8.13. The van der Waals surface area contributed by atoms with Gasteiger partial charge in [0, 0.05) is 0 Å². The highest BCUT2D eigenvalue weighted by atomic mass is 16.4. The maximum atomic E-state index is 10.4. The lowest BCUT2D eigenvalue weighted by Gasteiger charge is -1.94. The number of nitriles is 1. The number of nitrogens with zero attached hydrogens (tertiary/aromatic N) is 5. The normalized spacial score (nSPS) is 9.25. The van der Waals surface area contributed by atoms with E-state index >= 15 is 0 Å². The Labute approximate surface area is 67.2 Å². The third kappa shape index (κ3) is 1.54. The number of tetrazole rings is 1. The zero-order chi connectivity index (χ0) is 8.97. The van der Waals surface area contributed by atoms with Crippen LogP contribution in [0, 0.1) is 11.3 Å². The molecule has 0 spiro atoms. The first-order valence-electron chi connectivity index (χ1n) is 3.12. The Kier molecular flexibility index (Phi) is 2.32. The molecular formula is C5H5N5O2. The Morgan fingerprint density at radius 2 is 2.50 bits per heavy atom. The fourth-order valence-corrected chi connectivity index (χ4v) is 0.664. The van der Waals surface area contributed by atoms with Gasteiger partial charge < -0.3 is 5.11 Å². The summed E-state index contributed by atoms with van der Waals surface area (Å²) >= 11 is 0. The molecule has 0 bridgehead atoms. The fourth-order valence-electron chi connectivity index (χ4n) is 0.664. The number of aromatic carboxylic acids is 1. The number of carboxylic acid groups (broad SMARTS) is 1. The molecule has 0 unspecified atom stereocenters. The summed E-state index contributed by atoms with van der Waals surface area (Å²) in [5.74, 6) is -1.44. The van der Waals surface area contributed by atoms with Crippen LogP contribution in [-0.2, 0) is 6.54 Å². The van der Waals surface area contributed by atoms with Gasteiger partial charge in [0.2, 0.25) is 0 Å². The summed E-state index contributed by atoms with van der Waals surface area (Å²) in [6.07, 6.45) is 0.186. The molecule has 0 saturated carbocycles. The summed E-state index contributed by atoms with van der Waals surface area (Å²) in [6, 6.07) is 1.86. The summed E-state index contributed by atoms with van der Waals surface area (Å²) in [5, 5.41) is 26.6. The smallest absolute Gasteiger partial charge is 0.375 e. The summed E-state index contributed by atoms with van der Waals surface area (Å²) in [4.78, 5) is 10.4. The van der Waals surface area contributed by atoms with E-state index in [2.05, 4.69) is 15.5 Å². The summed E-state index contributed by atoms with van der Waals surface area (Å²) in [5.41, 5.74) is 0. The van der Waals surface area contributed by atoms with Gasteiger partial charge in [-0.05, 0) is 10.4 Å². The summed E-state index contributed by atoms with van der Waals surface area (Å²) < 4.78 is 1.07. The number of hydrogen-bond acceptors (Lipinski definition) is 5. The predicted molar refractivity (Wildman–Crippen MR) is 35.0 cm³/mol. The Bertz CT molecular complexity index is 325. The van der Waals surface area contributed by atoms with Gasteiger partial charge in [-0.15, -0.1) is 5.10 Å². The molecule has 62 valence electrons. The predicted octanol–water partition coefficient (Wildman–Crippen LogP) is -0.715. The van der Waals surface area contributed by atoms with Crippen molar-refractivity contribution in [2.75, 3.05) is 0 Å². The van der Waals surface area contributed by atoms with Crippen molar-refractivity contribution in [1.82, 2.24) is 20.2 Å². The molecule has 1 N–H and O–H groups in total. The Hall–Kier alpha value is -1.97. The molecule has 0 atom stereocenters. The highest BCUT2D eigenvalue weighted by Crippen LogP contribution is 1.92. The quantitative estimate of drug-likeness (QED) is 0.637. The van der Waals surface area contributed by atoms with Gasteiger partial charge in [0.1, 0.15) is 0 Å². The number of hydrogen-bond donors (Lipinski definition) is 1. The molecule has 1 heterocycles. The zero-order valence-electron chi connectivity index (χ0n) is 6.01. The number of rotatable bonds is 3. The van der Waals surface area contributed by atoms with Gasteiger partial charge in [-0.25, -0.2) is 9.48 Å². The molecule has 7 heteroatoms. The number of carbonyl (C=O) groups is 1. The second-order valence-corrected chi connectivity index (χ2v) is 1.94. The number of carboxylic acids is 1. The SMILES string of the molecule is N#CCCn1nnnc1C(=O)O. The van der Waals surface area contributed by atoms with Crippen LogP contribution < -0.4 is 0 Å². The Balaban J connectivity index is 2.79. The van der Waals surface area contributed by atoms with E-state index in [9.17, 15) is 4.79 Å². The van der Waals surface area contributed by atoms with Gasteiger partial charge in [0.15, 0.2) is 0 Å². The second kappa shape index (κ2) is 3.43. The fraction of sp³-hybridized carbons (Fsp3) is 0.400. The Morgan fingerprint density at radius 3 is 3.08 bits per heavy atom. The van der Waals surface area contributed by atoms with Gasteiger partial charge in [-0.2, -0.15) is 5.26 Å². The zero-order valence-corrected chi connectivity index (χ0v) is 6.01. The van der Waals surface area contributed by atoms with Gasteiger partial charge in [0.25, 0.3) is 5.82 Å². The summed E-state index contributed by atoms with van der Waals surface area (Å²) in [7, 11) is 0. The molecule has 7 nitrogen and oxygen atoms in total. The van der Waals surface area contributed by atoms with Crippen LogP contribution >= 0.6 is 0 Å². The maximum absolute atomic E-state index is 10.4. The van der Waals surface area contributed by atoms with E-state index in [0.717, 1.165) is 4.68 Å². The number of aryl methyl sites for hydroxylation is 1. The highest BCUT2D eigenvalue weighted by molar-refractivity contribution is 5.82. The van der Waals surface area contributed by atoms with Crippen molar-refractivity contribution >= 4 is 5.97 Å². The molecule has 12 heavy (non-hydrogen) atoms. The minimum atomic E-state index is -1.20. The minimum absolute atomic E-state index is 0.186. The second-order valence-electron chi connectivity index (χ2n) is 1.94. The van der Waals surface area contributed by atoms with Crippen LogP contribution in [0.15, 0.2) is 0 Å². The molecule has 0 saturated heterocycles. The third-order valence-corrected chi connectivity index (χ3v) is 1.16. The molecule has 0 radical (unpaired) electrons. The van der Waals surface area contributed by atoms with Gasteiger partial charge >= 0.3 is 5.97 Å². The molecule has 0 amide bonds. The lowest BCUT2D eigenvalue weighted by atomic mass is 10.4. The maximum Gasteiger partial charge on any atom is 0.375 e. The van der Waals surface area contributed by atoms with Crippen molar-refractivity contribution in [3.63, 3.8) is 0 Å². The topological polar surface area (TPSA) is 105 Å². The molecule has 1 aromatic heterocycles. The standard InChI is InChI=1S/C5H5N5O2/c6-2-1-3-10-4(5(11)12)7-8-9-10/h1,3H2,(H,11,12). The van der Waals surface area contributed by atoms with E-state index in [-0.39, 0.29) is 18.8 Å². The average Bonchev–Trinajstić information content (AvgIpc) is 2.48. The molecule has 1 rings (SSSR count). The van der Waals surface area contributed by atoms with Gasteiger partial charge in [0.05, 0.1) is 19.0 Å². The van der Waals surface area contributed by atoms with Gasteiger partial charge in [-0.3, -0.25) is 0 Å². The van der Waals surface area contributed by atoms with E-state index < -0.39 is 5.97 Å². The molecule has 0 aliphatic carbocycles. The highest BCUT2D eigenvalue weighted by Gasteiger charge is 2.12. The Morgan fingerprint density at radius 1 is 1.75 bits per heavy atom. The van der Waals surface area contributed by atoms with Crippen molar-refractivity contribution in [3.05, 3.63) is 5.82 Å². The van der Waals surface area contributed by atoms with Crippen molar-refractivity contribution in [1.29, 1.82) is 5.26 Å². The van der Waals surface area contributed by atoms with Crippen LogP contribution in [0.3, 0.4) is 0 Å². The van der Waals surface area contributed by atoms with Crippen LogP contribution in [0.25, 0.3) is 0 Å². The van der Waals surface area contributed by atoms with E-state index in [1.807, 2.05) is 6.07 Å². The van der Waals surface area contributed by atoms with Crippen molar-refractivity contribution in [2.45, 2.75) is 13.0 Å².